The first-order valence-electron chi connectivity index (χ1n) is 7.49. The number of hydrogen-bond acceptors (Lipinski definition) is 2. The maximum absolute atomic E-state index is 12.5. The SMILES string of the molecule is Cl.NC(CC(=O)N1CCc2c(Cl)cccc2C1)c1ccccc1. The summed E-state index contributed by atoms with van der Waals surface area (Å²) in [7, 11) is 0. The lowest BCUT2D eigenvalue weighted by Gasteiger charge is -2.30. The molecule has 1 atom stereocenters. The molecule has 0 saturated carbocycles. The average Bonchev–Trinajstić information content (AvgIpc) is 2.55. The van der Waals surface area contributed by atoms with Crippen LogP contribution in [0, 0.1) is 0 Å². The molecule has 0 saturated heterocycles. The molecule has 23 heavy (non-hydrogen) atoms. The van der Waals surface area contributed by atoms with Crippen molar-refractivity contribution in [1.82, 2.24) is 4.90 Å². The first-order valence-corrected chi connectivity index (χ1v) is 7.87. The topological polar surface area (TPSA) is 46.3 Å². The van der Waals surface area contributed by atoms with E-state index in [0.717, 1.165) is 22.6 Å². The molecule has 1 heterocycles. The smallest absolute Gasteiger partial charge is 0.224 e. The molecule has 0 bridgehead atoms. The Balaban J connectivity index is 0.00000192. The van der Waals surface area contributed by atoms with Gasteiger partial charge in [-0.2, -0.15) is 0 Å². The van der Waals surface area contributed by atoms with Crippen LogP contribution in [0.15, 0.2) is 48.5 Å². The van der Waals surface area contributed by atoms with Crippen LogP contribution < -0.4 is 5.73 Å². The van der Waals surface area contributed by atoms with E-state index >= 15 is 0 Å². The van der Waals surface area contributed by atoms with Crippen LogP contribution in [0.5, 0.6) is 0 Å². The lowest BCUT2D eigenvalue weighted by atomic mass is 9.98. The van der Waals surface area contributed by atoms with Gasteiger partial charge in [0.15, 0.2) is 0 Å². The van der Waals surface area contributed by atoms with Gasteiger partial charge in [-0.3, -0.25) is 4.79 Å². The van der Waals surface area contributed by atoms with Crippen LogP contribution in [0.2, 0.25) is 5.02 Å². The molecule has 0 aliphatic carbocycles. The average molecular weight is 351 g/mol. The van der Waals surface area contributed by atoms with Gasteiger partial charge in [0.05, 0.1) is 0 Å². The molecule has 0 radical (unpaired) electrons. The molecule has 2 aromatic carbocycles. The third-order valence-corrected chi connectivity index (χ3v) is 4.54. The highest BCUT2D eigenvalue weighted by molar-refractivity contribution is 6.31. The maximum Gasteiger partial charge on any atom is 0.224 e. The quantitative estimate of drug-likeness (QED) is 0.916. The summed E-state index contributed by atoms with van der Waals surface area (Å²) in [5, 5.41) is 0.797. The number of halogens is 2. The molecule has 1 amide bonds. The van der Waals surface area contributed by atoms with Crippen molar-refractivity contribution >= 4 is 29.9 Å². The molecule has 5 heteroatoms. The minimum Gasteiger partial charge on any atom is -0.338 e. The van der Waals surface area contributed by atoms with Gasteiger partial charge in [0.2, 0.25) is 5.91 Å². The normalized spacial score (nSPS) is 14.6. The molecular formula is C18H20Cl2N2O. The van der Waals surface area contributed by atoms with E-state index in [-0.39, 0.29) is 24.4 Å². The highest BCUT2D eigenvalue weighted by Crippen LogP contribution is 2.27. The zero-order valence-corrected chi connectivity index (χ0v) is 14.3. The van der Waals surface area contributed by atoms with Crippen molar-refractivity contribution in [1.29, 1.82) is 0 Å². The predicted octanol–water partition coefficient (Wildman–Crippen LogP) is 3.74. The molecule has 0 fully saturated rings. The Morgan fingerprint density at radius 1 is 1.17 bits per heavy atom. The molecule has 0 aromatic heterocycles. The van der Waals surface area contributed by atoms with Gasteiger partial charge in [0, 0.05) is 30.6 Å². The van der Waals surface area contributed by atoms with Gasteiger partial charge in [-0.05, 0) is 29.2 Å². The zero-order valence-electron chi connectivity index (χ0n) is 12.7. The van der Waals surface area contributed by atoms with Gasteiger partial charge in [-0.25, -0.2) is 0 Å². The fourth-order valence-corrected chi connectivity index (χ4v) is 3.20. The number of benzene rings is 2. The second kappa shape index (κ2) is 7.82. The molecule has 1 aliphatic rings. The van der Waals surface area contributed by atoms with E-state index in [2.05, 4.69) is 0 Å². The summed E-state index contributed by atoms with van der Waals surface area (Å²) < 4.78 is 0. The number of nitrogens with two attached hydrogens (primary N) is 1. The van der Waals surface area contributed by atoms with Crippen LogP contribution in [0.1, 0.15) is 29.2 Å². The van der Waals surface area contributed by atoms with Gasteiger partial charge in [-0.15, -0.1) is 12.4 Å². The molecule has 122 valence electrons. The Morgan fingerprint density at radius 3 is 2.65 bits per heavy atom. The van der Waals surface area contributed by atoms with E-state index in [1.165, 1.54) is 5.56 Å². The van der Waals surface area contributed by atoms with E-state index in [1.54, 1.807) is 0 Å². The Labute approximate surface area is 147 Å². The molecule has 1 unspecified atom stereocenters. The molecule has 2 aromatic rings. The van der Waals surface area contributed by atoms with Crippen LogP contribution in [0.25, 0.3) is 0 Å². The van der Waals surface area contributed by atoms with E-state index in [1.807, 2.05) is 53.4 Å². The van der Waals surface area contributed by atoms with Gasteiger partial charge in [0.25, 0.3) is 0 Å². The highest BCUT2D eigenvalue weighted by Gasteiger charge is 2.23. The van der Waals surface area contributed by atoms with Crippen molar-refractivity contribution in [3.8, 4) is 0 Å². The first-order chi connectivity index (χ1) is 10.6. The second-order valence-corrected chi connectivity index (χ2v) is 6.07. The van der Waals surface area contributed by atoms with E-state index in [0.29, 0.717) is 19.5 Å². The van der Waals surface area contributed by atoms with E-state index < -0.39 is 0 Å². The van der Waals surface area contributed by atoms with Crippen molar-refractivity contribution in [2.45, 2.75) is 25.4 Å². The lowest BCUT2D eigenvalue weighted by Crippen LogP contribution is -2.37. The standard InChI is InChI=1S/C18H19ClN2O.ClH/c19-16-8-4-7-14-12-21(10-9-15(14)16)18(22)11-17(20)13-5-2-1-3-6-13;/h1-8,17H,9-12,20H2;1H. The number of hydrogen-bond donors (Lipinski definition) is 1. The highest BCUT2D eigenvalue weighted by atomic mass is 35.5. The number of rotatable bonds is 3. The number of fused-ring (bicyclic) bond motifs is 1. The molecule has 0 spiro atoms. The van der Waals surface area contributed by atoms with Crippen molar-refractivity contribution in [2.24, 2.45) is 5.73 Å². The molecule has 3 rings (SSSR count). The van der Waals surface area contributed by atoms with Crippen molar-refractivity contribution in [2.75, 3.05) is 6.54 Å². The summed E-state index contributed by atoms with van der Waals surface area (Å²) >= 11 is 6.21. The van der Waals surface area contributed by atoms with Crippen LogP contribution in [-0.2, 0) is 17.8 Å². The Morgan fingerprint density at radius 2 is 1.91 bits per heavy atom. The third kappa shape index (κ3) is 4.05. The van der Waals surface area contributed by atoms with Crippen LogP contribution >= 0.6 is 24.0 Å². The van der Waals surface area contributed by atoms with E-state index in [9.17, 15) is 4.79 Å². The monoisotopic (exact) mass is 350 g/mol. The second-order valence-electron chi connectivity index (χ2n) is 5.66. The summed E-state index contributed by atoms with van der Waals surface area (Å²) in [5.41, 5.74) is 9.46. The number of amides is 1. The van der Waals surface area contributed by atoms with Crippen LogP contribution in [-0.4, -0.2) is 17.4 Å². The van der Waals surface area contributed by atoms with Gasteiger partial charge >= 0.3 is 0 Å². The summed E-state index contributed by atoms with van der Waals surface area (Å²) in [4.78, 5) is 14.4. The van der Waals surface area contributed by atoms with Crippen LogP contribution in [0.4, 0.5) is 0 Å². The van der Waals surface area contributed by atoms with Gasteiger partial charge in [0.1, 0.15) is 0 Å². The molecular weight excluding hydrogens is 331 g/mol. The van der Waals surface area contributed by atoms with Gasteiger partial charge < -0.3 is 10.6 Å². The molecule has 3 nitrogen and oxygen atoms in total. The summed E-state index contributed by atoms with van der Waals surface area (Å²) in [6.07, 6.45) is 1.14. The summed E-state index contributed by atoms with van der Waals surface area (Å²) in [6, 6.07) is 15.4. The Kier molecular flexibility index (Phi) is 6.05. The lowest BCUT2D eigenvalue weighted by molar-refractivity contribution is -0.132. The zero-order chi connectivity index (χ0) is 15.5. The fourth-order valence-electron chi connectivity index (χ4n) is 2.91. The van der Waals surface area contributed by atoms with E-state index in [4.69, 9.17) is 17.3 Å². The predicted molar refractivity (Wildman–Crippen MR) is 95.8 cm³/mol. The largest absolute Gasteiger partial charge is 0.338 e. The Hall–Kier alpha value is -1.55. The summed E-state index contributed by atoms with van der Waals surface area (Å²) in [6.45, 7) is 1.33. The number of nitrogens with zero attached hydrogens (tertiary/aromatic N) is 1. The van der Waals surface area contributed by atoms with Crippen molar-refractivity contribution in [3.05, 3.63) is 70.2 Å². The minimum absolute atomic E-state index is 0. The molecule has 1 aliphatic heterocycles. The van der Waals surface area contributed by atoms with Crippen molar-refractivity contribution in [3.63, 3.8) is 0 Å². The maximum atomic E-state index is 12.5. The first kappa shape index (κ1) is 17.8. The molecule has 2 N–H and O–H groups in total. The number of carbonyl (C=O) groups is 1. The summed E-state index contributed by atoms with van der Waals surface area (Å²) in [5.74, 6) is 0.0991. The third-order valence-electron chi connectivity index (χ3n) is 4.18. The van der Waals surface area contributed by atoms with Crippen LogP contribution in [0.3, 0.4) is 0 Å². The minimum atomic E-state index is -0.255. The Bertz CT molecular complexity index is 676. The number of carbonyl (C=O) groups excluding carboxylic acids is 1. The van der Waals surface area contributed by atoms with Gasteiger partial charge in [-0.1, -0.05) is 54.1 Å². The van der Waals surface area contributed by atoms with Crippen molar-refractivity contribution < 1.29 is 4.79 Å². The fraction of sp³-hybridized carbons (Fsp3) is 0.278.